The van der Waals surface area contributed by atoms with Gasteiger partial charge in [-0.3, -0.25) is 4.57 Å². The van der Waals surface area contributed by atoms with Gasteiger partial charge in [0.1, 0.15) is 17.3 Å². The highest BCUT2D eigenvalue weighted by atomic mass is 16.5. The van der Waals surface area contributed by atoms with Crippen LogP contribution >= 0.6 is 0 Å². The van der Waals surface area contributed by atoms with Crippen LogP contribution in [0.25, 0.3) is 55.5 Å². The van der Waals surface area contributed by atoms with Crippen LogP contribution < -0.4 is 14.5 Å². The Bertz CT molecular complexity index is 3770. The van der Waals surface area contributed by atoms with E-state index in [2.05, 4.69) is 69.6 Å². The molecule has 0 saturated carbocycles. The minimum absolute atomic E-state index is 0.0146. The molecule has 0 saturated heterocycles. The second-order valence-electron chi connectivity index (χ2n) is 17.3. The van der Waals surface area contributed by atoms with Gasteiger partial charge in [-0.05, 0) is 101 Å². The summed E-state index contributed by atoms with van der Waals surface area (Å²) in [4.78, 5) is 8.51. The Morgan fingerprint density at radius 3 is 2.03 bits per heavy atom. The van der Waals surface area contributed by atoms with Crippen LogP contribution in [-0.4, -0.2) is 20.8 Å². The summed E-state index contributed by atoms with van der Waals surface area (Å²) in [6, 6.07) is 25.2. The highest BCUT2D eigenvalue weighted by Crippen LogP contribution is 2.43. The maximum Gasteiger partial charge on any atom is 0.137 e. The fourth-order valence-electron chi connectivity index (χ4n) is 7.95. The van der Waals surface area contributed by atoms with Crippen molar-refractivity contribution in [3.63, 3.8) is 0 Å². The van der Waals surface area contributed by atoms with Gasteiger partial charge in [0.05, 0.1) is 42.4 Å². The second kappa shape index (κ2) is 14.6. The first kappa shape index (κ1) is 26.2. The fourth-order valence-corrected chi connectivity index (χ4v) is 7.95. The molecule has 10 rings (SSSR count). The summed E-state index contributed by atoms with van der Waals surface area (Å²) in [7, 11) is 0. The van der Waals surface area contributed by atoms with Gasteiger partial charge in [-0.1, -0.05) is 120 Å². The first-order valence-electron chi connectivity index (χ1n) is 26.7. The minimum Gasteiger partial charge on any atom is -0.457 e. The summed E-state index contributed by atoms with van der Waals surface area (Å²) in [6.45, 7) is 10.2. The topological polar surface area (TPSA) is 38.5 Å². The third kappa shape index (κ3) is 6.92. The molecule has 6 heteroatoms. The SMILES string of the molecule is [2H]c1nc(-n2c3cc(Oc4cc(N5C=CN(c6cc(C(C)(C)C)cc(C(C)(C)C)c6)C5)c([2H])c([2H])c4[2H])ccc3c3c2c2ccccc2n3-c2ccccc2)c([2H])c(C([2H])([2H])[2H])c1-c1c([2H])c([2H])c([2H])c([2H])c1[2H]. The molecule has 9 aromatic rings. The van der Waals surface area contributed by atoms with Crippen molar-refractivity contribution in [2.45, 2.75) is 59.2 Å². The monoisotopic (exact) mass is 810 g/mol. The van der Waals surface area contributed by atoms with Crippen molar-refractivity contribution in [1.29, 1.82) is 0 Å². The van der Waals surface area contributed by atoms with Gasteiger partial charge >= 0.3 is 0 Å². The second-order valence-corrected chi connectivity index (χ2v) is 17.3. The maximum atomic E-state index is 9.75. The Morgan fingerprint density at radius 2 is 1.30 bits per heavy atom. The van der Waals surface area contributed by atoms with Crippen molar-refractivity contribution in [3.05, 3.63) is 187 Å². The van der Waals surface area contributed by atoms with E-state index in [4.69, 9.17) is 19.8 Å². The zero-order valence-electron chi connectivity index (χ0n) is 47.7. The Kier molecular flexibility index (Phi) is 6.27. The van der Waals surface area contributed by atoms with Crippen LogP contribution in [0.3, 0.4) is 0 Å². The van der Waals surface area contributed by atoms with Crippen LogP contribution in [0.15, 0.2) is 170 Å². The smallest absolute Gasteiger partial charge is 0.137 e. The van der Waals surface area contributed by atoms with E-state index in [1.165, 1.54) is 11.1 Å². The quantitative estimate of drug-likeness (QED) is 0.161. The summed E-state index contributed by atoms with van der Waals surface area (Å²) in [5.41, 5.74) is 4.61. The molecular formula is C55H51N5O. The van der Waals surface area contributed by atoms with Crippen molar-refractivity contribution >= 4 is 44.2 Å². The van der Waals surface area contributed by atoms with E-state index in [9.17, 15) is 2.74 Å². The van der Waals surface area contributed by atoms with Crippen molar-refractivity contribution < 1.29 is 22.6 Å². The zero-order chi connectivity index (χ0) is 53.2. The molecule has 0 amide bonds. The predicted molar refractivity (Wildman–Crippen MR) is 255 cm³/mol. The number of fused-ring (bicyclic) bond motifs is 5. The maximum absolute atomic E-state index is 9.75. The molecule has 1 aliphatic heterocycles. The zero-order valence-corrected chi connectivity index (χ0v) is 34.7. The lowest BCUT2D eigenvalue weighted by atomic mass is 9.80. The van der Waals surface area contributed by atoms with Crippen LogP contribution in [0, 0.1) is 6.85 Å². The van der Waals surface area contributed by atoms with Gasteiger partial charge < -0.3 is 19.1 Å². The lowest BCUT2D eigenvalue weighted by Crippen LogP contribution is -2.26. The molecule has 6 nitrogen and oxygen atoms in total. The number of nitrogens with zero attached hydrogens (tertiary/aromatic N) is 5. The average molecular weight is 811 g/mol. The third-order valence-corrected chi connectivity index (χ3v) is 11.2. The highest BCUT2D eigenvalue weighted by molar-refractivity contribution is 6.20. The Labute approximate surface area is 376 Å². The summed E-state index contributed by atoms with van der Waals surface area (Å²) >= 11 is 0. The van der Waals surface area contributed by atoms with Crippen LogP contribution in [-0.2, 0) is 10.8 Å². The van der Waals surface area contributed by atoms with Crippen LogP contribution in [0.1, 0.15) is 76.1 Å². The normalized spacial score (nSPS) is 16.5. The Balaban J connectivity index is 1.16. The summed E-state index contributed by atoms with van der Waals surface area (Å²) in [5.74, 6) is -0.115. The van der Waals surface area contributed by atoms with Crippen LogP contribution in [0.5, 0.6) is 11.5 Å². The number of hydrogen-bond donors (Lipinski definition) is 0. The van der Waals surface area contributed by atoms with Gasteiger partial charge in [-0.25, -0.2) is 4.98 Å². The van der Waals surface area contributed by atoms with Gasteiger partial charge in [0.25, 0.3) is 0 Å². The molecule has 0 bridgehead atoms. The molecule has 0 N–H and O–H groups in total. The number of hydrogen-bond acceptors (Lipinski definition) is 4. The molecule has 302 valence electrons. The molecule has 0 spiro atoms. The van der Waals surface area contributed by atoms with Crippen molar-refractivity contribution in [3.8, 4) is 34.1 Å². The number of pyridine rings is 1. The van der Waals surface area contributed by atoms with Crippen molar-refractivity contribution in [1.82, 2.24) is 14.1 Å². The molecule has 3 aromatic heterocycles. The lowest BCUT2D eigenvalue weighted by Gasteiger charge is -2.29. The van der Waals surface area contributed by atoms with Crippen molar-refractivity contribution in [2.24, 2.45) is 0 Å². The molecule has 0 fully saturated rings. The van der Waals surface area contributed by atoms with Gasteiger partial charge in [0, 0.05) is 68.2 Å². The van der Waals surface area contributed by atoms with E-state index in [-0.39, 0.29) is 46.3 Å². The van der Waals surface area contributed by atoms with Crippen molar-refractivity contribution in [2.75, 3.05) is 16.5 Å². The molecule has 0 aliphatic carbocycles. The molecule has 61 heavy (non-hydrogen) atoms. The molecule has 4 heterocycles. The van der Waals surface area contributed by atoms with Crippen LogP contribution in [0.4, 0.5) is 11.4 Å². The van der Waals surface area contributed by atoms with Crippen LogP contribution in [0.2, 0.25) is 0 Å². The summed E-state index contributed by atoms with van der Waals surface area (Å²) in [5, 5.41) is 1.28. The largest absolute Gasteiger partial charge is 0.457 e. The molecule has 0 radical (unpaired) electrons. The lowest BCUT2D eigenvalue weighted by molar-refractivity contribution is 0.483. The number of ether oxygens (including phenoxy) is 1. The molecule has 0 atom stereocenters. The van der Waals surface area contributed by atoms with Gasteiger partial charge in [-0.15, -0.1) is 0 Å². The minimum atomic E-state index is -3.15. The number of rotatable bonds is 7. The third-order valence-electron chi connectivity index (χ3n) is 11.2. The highest BCUT2D eigenvalue weighted by Gasteiger charge is 2.26. The number of anilines is 2. The number of aromatic nitrogens is 3. The first-order valence-corrected chi connectivity index (χ1v) is 20.2. The van der Waals surface area contributed by atoms with E-state index in [0.29, 0.717) is 39.7 Å². The van der Waals surface area contributed by atoms with E-state index in [1.807, 2.05) is 76.5 Å². The Hall–Kier alpha value is -7.05. The summed E-state index contributed by atoms with van der Waals surface area (Å²) < 4.78 is 125. The van der Waals surface area contributed by atoms with Gasteiger partial charge in [-0.2, -0.15) is 0 Å². The van der Waals surface area contributed by atoms with Gasteiger partial charge in [0.15, 0.2) is 0 Å². The fraction of sp³-hybridized carbons (Fsp3) is 0.182. The number of benzene rings is 6. The van der Waals surface area contributed by atoms with E-state index in [1.54, 1.807) is 28.8 Å². The molecule has 1 aliphatic rings. The number of para-hydroxylation sites is 2. The Morgan fingerprint density at radius 1 is 0.607 bits per heavy atom. The van der Waals surface area contributed by atoms with E-state index in [0.717, 1.165) is 16.9 Å². The van der Waals surface area contributed by atoms with Gasteiger partial charge in [0.2, 0.25) is 0 Å². The summed E-state index contributed by atoms with van der Waals surface area (Å²) in [6.07, 6.45) is 3.03. The molecular weight excluding hydrogens is 747 g/mol. The first-order chi connectivity index (χ1) is 34.8. The standard InChI is InChI=1S/C55H51N5O/c1-37-29-51(56-35-48(37)38-17-10-8-11-18-38)60-50-34-45(25-26-47(50)52-53(60)46-23-14-15-24-49(46)59(52)41-19-12-9-13-20-41)61-44-22-16-21-42(33-44)57-27-28-58(36-57)43-31-39(54(2,3)4)30-40(32-43)55(5,6)7/h8-35H,36H2,1-7H3/i1D3,8D,10D,11D,16D,17D,18D,21D,22D,29D,35D. The average Bonchev–Trinajstić information content (AvgIpc) is 4.06. The predicted octanol–water partition coefficient (Wildman–Crippen LogP) is 14.2. The van der Waals surface area contributed by atoms with E-state index < -0.39 is 66.0 Å². The molecule has 0 unspecified atom stereocenters. The van der Waals surface area contributed by atoms with E-state index >= 15 is 0 Å². The molecule has 6 aromatic carbocycles.